The first-order chi connectivity index (χ1) is 20.3. The van der Waals surface area contributed by atoms with E-state index >= 15 is 0 Å². The summed E-state index contributed by atoms with van der Waals surface area (Å²) >= 11 is 0. The van der Waals surface area contributed by atoms with Gasteiger partial charge in [-0.25, -0.2) is 24.3 Å². The van der Waals surface area contributed by atoms with Crippen molar-refractivity contribution < 1.29 is 19.0 Å². The molecular formula is C30H30N8O4. The van der Waals surface area contributed by atoms with Gasteiger partial charge in [0.1, 0.15) is 42.2 Å². The largest absolute Gasteiger partial charge is 0.488 e. The van der Waals surface area contributed by atoms with Gasteiger partial charge in [-0.2, -0.15) is 5.10 Å². The standard InChI is InChI=1S/C30H30N8O4/c1-30(2,3)42-29(39)37-13-12-36-15-20(37)16-40-27-24(36)9-8-23-26(27)28(33-17-31-23)35-19-4-6-21(7-5-19)41-22-10-11-38-25(14-22)32-18-34-38/h4-11,14,17-18,20H,12-13,15-16H2,1-3H3,(H,31,33,35)/t20-/m1/s1. The fourth-order valence-corrected chi connectivity index (χ4v) is 5.30. The van der Waals surface area contributed by atoms with Gasteiger partial charge in [-0.3, -0.25) is 4.90 Å². The summed E-state index contributed by atoms with van der Waals surface area (Å²) in [4.78, 5) is 30.2. The number of benzene rings is 2. The van der Waals surface area contributed by atoms with Crippen molar-refractivity contribution in [1.82, 2.24) is 29.5 Å². The number of carbonyl (C=O) groups is 1. The number of hydrogen-bond acceptors (Lipinski definition) is 10. The van der Waals surface area contributed by atoms with Gasteiger partial charge in [0, 0.05) is 37.6 Å². The van der Waals surface area contributed by atoms with Crippen molar-refractivity contribution in [3.63, 3.8) is 0 Å². The minimum absolute atomic E-state index is 0.143. The molecule has 7 rings (SSSR count). The number of piperazine rings is 1. The first-order valence-corrected chi connectivity index (χ1v) is 13.8. The van der Waals surface area contributed by atoms with Crippen LogP contribution in [0.3, 0.4) is 0 Å². The molecule has 2 aliphatic rings. The molecule has 0 unspecified atom stereocenters. The molecule has 2 aliphatic heterocycles. The molecule has 1 amide bonds. The molecule has 0 radical (unpaired) electrons. The third-order valence-corrected chi connectivity index (χ3v) is 7.21. The first kappa shape index (κ1) is 25.8. The Morgan fingerprint density at radius 1 is 1.00 bits per heavy atom. The van der Waals surface area contributed by atoms with Gasteiger partial charge in [0.25, 0.3) is 0 Å². The number of amides is 1. The van der Waals surface area contributed by atoms with Crippen LogP contribution in [0.15, 0.2) is 67.4 Å². The quantitative estimate of drug-likeness (QED) is 0.317. The number of pyridine rings is 1. The predicted octanol–water partition coefficient (Wildman–Crippen LogP) is 5.03. The maximum atomic E-state index is 12.9. The van der Waals surface area contributed by atoms with Gasteiger partial charge in [0.05, 0.1) is 22.6 Å². The molecule has 0 aliphatic carbocycles. The fourth-order valence-electron chi connectivity index (χ4n) is 5.30. The summed E-state index contributed by atoms with van der Waals surface area (Å²) < 4.78 is 19.8. The number of rotatable bonds is 4. The number of anilines is 3. The van der Waals surface area contributed by atoms with Crippen LogP contribution in [-0.4, -0.2) is 73.4 Å². The average Bonchev–Trinajstić information content (AvgIpc) is 3.38. The Balaban J connectivity index is 1.13. The molecule has 12 heteroatoms. The van der Waals surface area contributed by atoms with Crippen LogP contribution >= 0.6 is 0 Å². The molecule has 0 spiro atoms. The van der Waals surface area contributed by atoms with Crippen LogP contribution in [0.4, 0.5) is 22.0 Å². The topological polar surface area (TPSA) is 119 Å². The summed E-state index contributed by atoms with van der Waals surface area (Å²) in [5.41, 5.74) is 2.70. The molecule has 214 valence electrons. The van der Waals surface area contributed by atoms with E-state index in [1.165, 1.54) is 12.7 Å². The zero-order valence-corrected chi connectivity index (χ0v) is 23.5. The highest BCUT2D eigenvalue weighted by molar-refractivity contribution is 6.00. The normalized spacial score (nSPS) is 16.5. The molecule has 1 fully saturated rings. The maximum Gasteiger partial charge on any atom is 0.410 e. The summed E-state index contributed by atoms with van der Waals surface area (Å²) in [6.07, 6.45) is 4.53. The lowest BCUT2D eigenvalue weighted by Gasteiger charge is -2.40. The van der Waals surface area contributed by atoms with Gasteiger partial charge in [0.2, 0.25) is 0 Å². The Hall–Kier alpha value is -5.13. The van der Waals surface area contributed by atoms with Crippen molar-refractivity contribution in [3.8, 4) is 17.2 Å². The number of ether oxygens (including phenoxy) is 3. The van der Waals surface area contributed by atoms with Gasteiger partial charge >= 0.3 is 6.09 Å². The van der Waals surface area contributed by atoms with Crippen LogP contribution in [-0.2, 0) is 4.74 Å². The number of nitrogens with one attached hydrogen (secondary N) is 1. The average molecular weight is 567 g/mol. The SMILES string of the molecule is CC(C)(C)OC(=O)N1CCN2C[C@@H]1COc1c2ccc2ncnc(Nc3ccc(Oc4ccn5ncnc5c4)cc3)c12. The Bertz CT molecular complexity index is 1780. The van der Waals surface area contributed by atoms with Crippen molar-refractivity contribution in [2.24, 2.45) is 0 Å². The van der Waals surface area contributed by atoms with E-state index in [2.05, 4.69) is 30.3 Å². The van der Waals surface area contributed by atoms with Gasteiger partial charge in [-0.05, 0) is 63.2 Å². The maximum absolute atomic E-state index is 12.9. The van der Waals surface area contributed by atoms with E-state index in [-0.39, 0.29) is 12.1 Å². The minimum Gasteiger partial charge on any atom is -0.488 e. The number of nitrogens with zero attached hydrogens (tertiary/aromatic N) is 7. The van der Waals surface area contributed by atoms with Gasteiger partial charge in [0.15, 0.2) is 11.4 Å². The van der Waals surface area contributed by atoms with Crippen molar-refractivity contribution >= 4 is 39.8 Å². The number of carbonyl (C=O) groups excluding carboxylic acids is 1. The van der Waals surface area contributed by atoms with E-state index in [0.717, 1.165) is 22.3 Å². The van der Waals surface area contributed by atoms with Crippen LogP contribution in [0.1, 0.15) is 20.8 Å². The molecule has 3 aromatic heterocycles. The predicted molar refractivity (Wildman–Crippen MR) is 157 cm³/mol. The Labute approximate surface area is 241 Å². The first-order valence-electron chi connectivity index (χ1n) is 13.8. The lowest BCUT2D eigenvalue weighted by molar-refractivity contribution is 0.00980. The molecule has 2 bridgehead atoms. The number of aromatic nitrogens is 5. The minimum atomic E-state index is -0.562. The molecule has 5 heterocycles. The van der Waals surface area contributed by atoms with Gasteiger partial charge in [-0.1, -0.05) is 0 Å². The molecule has 1 atom stereocenters. The van der Waals surface area contributed by atoms with Crippen molar-refractivity contribution in [3.05, 3.63) is 67.4 Å². The van der Waals surface area contributed by atoms with E-state index in [1.54, 1.807) is 15.6 Å². The van der Waals surface area contributed by atoms with Gasteiger partial charge < -0.3 is 24.4 Å². The van der Waals surface area contributed by atoms with E-state index in [4.69, 9.17) is 14.2 Å². The second kappa shape index (κ2) is 10.1. The third kappa shape index (κ3) is 4.95. The van der Waals surface area contributed by atoms with E-state index < -0.39 is 5.60 Å². The Morgan fingerprint density at radius 2 is 1.86 bits per heavy atom. The smallest absolute Gasteiger partial charge is 0.410 e. The third-order valence-electron chi connectivity index (χ3n) is 7.21. The van der Waals surface area contributed by atoms with Crippen LogP contribution in [0.5, 0.6) is 17.2 Å². The number of hydrogen-bond donors (Lipinski definition) is 1. The molecule has 2 aromatic carbocycles. The molecule has 0 saturated carbocycles. The summed E-state index contributed by atoms with van der Waals surface area (Å²) in [6, 6.07) is 15.2. The molecule has 12 nitrogen and oxygen atoms in total. The Kier molecular flexibility index (Phi) is 6.18. The molecule has 1 N–H and O–H groups in total. The van der Waals surface area contributed by atoms with Crippen LogP contribution < -0.4 is 19.7 Å². The van der Waals surface area contributed by atoms with Gasteiger partial charge in [-0.15, -0.1) is 0 Å². The second-order valence-corrected chi connectivity index (χ2v) is 11.3. The molecule has 1 saturated heterocycles. The lowest BCUT2D eigenvalue weighted by Crippen LogP contribution is -2.57. The van der Waals surface area contributed by atoms with Crippen molar-refractivity contribution in [2.45, 2.75) is 32.4 Å². The molecule has 5 aromatic rings. The van der Waals surface area contributed by atoms with E-state index in [0.29, 0.717) is 55.0 Å². The zero-order valence-electron chi connectivity index (χ0n) is 23.5. The van der Waals surface area contributed by atoms with E-state index in [1.807, 2.05) is 69.3 Å². The summed E-state index contributed by atoms with van der Waals surface area (Å²) in [5.74, 6) is 2.68. The highest BCUT2D eigenvalue weighted by Crippen LogP contribution is 2.42. The fraction of sp³-hybridized carbons (Fsp3) is 0.300. The van der Waals surface area contributed by atoms with E-state index in [9.17, 15) is 4.79 Å². The Morgan fingerprint density at radius 3 is 2.69 bits per heavy atom. The van der Waals surface area contributed by atoms with Crippen LogP contribution in [0, 0.1) is 0 Å². The van der Waals surface area contributed by atoms with Crippen LogP contribution in [0.25, 0.3) is 16.6 Å². The molecule has 42 heavy (non-hydrogen) atoms. The van der Waals surface area contributed by atoms with Crippen molar-refractivity contribution in [2.75, 3.05) is 36.5 Å². The molecular weight excluding hydrogens is 536 g/mol. The monoisotopic (exact) mass is 566 g/mol. The van der Waals surface area contributed by atoms with Crippen LogP contribution in [0.2, 0.25) is 0 Å². The summed E-state index contributed by atoms with van der Waals surface area (Å²) in [6.45, 7) is 7.84. The second-order valence-electron chi connectivity index (χ2n) is 11.3. The number of fused-ring (bicyclic) bond motifs is 7. The highest BCUT2D eigenvalue weighted by atomic mass is 16.6. The van der Waals surface area contributed by atoms with Crippen molar-refractivity contribution in [1.29, 1.82) is 0 Å². The summed E-state index contributed by atoms with van der Waals surface area (Å²) in [5, 5.41) is 8.32. The zero-order chi connectivity index (χ0) is 28.8. The summed E-state index contributed by atoms with van der Waals surface area (Å²) in [7, 11) is 0. The lowest BCUT2D eigenvalue weighted by atomic mass is 10.1. The highest BCUT2D eigenvalue weighted by Gasteiger charge is 2.37.